The smallest absolute Gasteiger partial charge is 0.338 e. The van der Waals surface area contributed by atoms with E-state index in [0.717, 1.165) is 11.1 Å². The third kappa shape index (κ3) is 6.05. The summed E-state index contributed by atoms with van der Waals surface area (Å²) in [6, 6.07) is 21.4. The number of nitrogens with zero attached hydrogens (tertiary/aromatic N) is 2. The second-order valence-electron chi connectivity index (χ2n) is 9.79. The minimum atomic E-state index is -0.768. The van der Waals surface area contributed by atoms with Crippen LogP contribution in [0.2, 0.25) is 5.02 Å². The molecular weight excluding hydrogens is 572 g/mol. The van der Waals surface area contributed by atoms with Crippen LogP contribution in [-0.2, 0) is 9.53 Å². The van der Waals surface area contributed by atoms with Crippen LogP contribution < -0.4 is 24.4 Å². The van der Waals surface area contributed by atoms with Gasteiger partial charge in [0.2, 0.25) is 0 Å². The summed E-state index contributed by atoms with van der Waals surface area (Å²) in [5.74, 6) is 0.707. The molecule has 0 bridgehead atoms. The molecular formula is C33H31ClN2O5S. The van der Waals surface area contributed by atoms with Crippen LogP contribution in [-0.4, -0.2) is 29.9 Å². The van der Waals surface area contributed by atoms with Gasteiger partial charge in [0, 0.05) is 10.6 Å². The first-order valence-electron chi connectivity index (χ1n) is 13.8. The third-order valence-corrected chi connectivity index (χ3v) is 7.72. The summed E-state index contributed by atoms with van der Waals surface area (Å²) >= 11 is 7.47. The largest absolute Gasteiger partial charge is 0.490 e. The second kappa shape index (κ2) is 12.8. The quantitative estimate of drug-likeness (QED) is 0.227. The Labute approximate surface area is 253 Å². The summed E-state index contributed by atoms with van der Waals surface area (Å²) in [5.41, 5.74) is 2.73. The fourth-order valence-electron chi connectivity index (χ4n) is 4.79. The zero-order valence-corrected chi connectivity index (χ0v) is 25.4. The third-order valence-electron chi connectivity index (χ3n) is 6.49. The molecule has 0 unspecified atom stereocenters. The topological polar surface area (TPSA) is 79.1 Å². The van der Waals surface area contributed by atoms with Crippen LogP contribution in [0.4, 0.5) is 0 Å². The number of esters is 1. The van der Waals surface area contributed by atoms with E-state index >= 15 is 0 Å². The van der Waals surface area contributed by atoms with E-state index < -0.39 is 12.0 Å². The van der Waals surface area contributed by atoms with Crippen LogP contribution in [0.1, 0.15) is 50.4 Å². The van der Waals surface area contributed by atoms with Gasteiger partial charge in [-0.05, 0) is 69.2 Å². The van der Waals surface area contributed by atoms with Crippen molar-refractivity contribution < 1.29 is 19.0 Å². The normalized spacial score (nSPS) is 14.9. The fraction of sp³-hybridized carbons (Fsp3) is 0.242. The first-order valence-corrected chi connectivity index (χ1v) is 15.0. The average molecular weight is 603 g/mol. The minimum Gasteiger partial charge on any atom is -0.490 e. The number of fused-ring (bicyclic) bond motifs is 1. The van der Waals surface area contributed by atoms with E-state index in [0.29, 0.717) is 43.7 Å². The number of hydrogen-bond acceptors (Lipinski definition) is 7. The first kappa shape index (κ1) is 29.4. The van der Waals surface area contributed by atoms with E-state index in [1.807, 2.05) is 81.4 Å². The van der Waals surface area contributed by atoms with Crippen LogP contribution >= 0.6 is 22.9 Å². The fourth-order valence-corrected chi connectivity index (χ4v) is 5.91. The van der Waals surface area contributed by atoms with E-state index in [2.05, 4.69) is 0 Å². The lowest BCUT2D eigenvalue weighted by Gasteiger charge is -2.25. The zero-order chi connectivity index (χ0) is 29.8. The van der Waals surface area contributed by atoms with Crippen LogP contribution in [0.3, 0.4) is 0 Å². The molecule has 3 aromatic carbocycles. The number of aromatic nitrogens is 1. The lowest BCUT2D eigenvalue weighted by Crippen LogP contribution is -2.40. The number of ether oxygens (including phenoxy) is 3. The molecule has 2 heterocycles. The van der Waals surface area contributed by atoms with Gasteiger partial charge in [0.1, 0.15) is 0 Å². The highest BCUT2D eigenvalue weighted by molar-refractivity contribution is 7.07. The molecule has 0 fully saturated rings. The molecule has 1 aliphatic heterocycles. The van der Waals surface area contributed by atoms with Gasteiger partial charge in [-0.1, -0.05) is 71.5 Å². The van der Waals surface area contributed by atoms with Crippen molar-refractivity contribution in [3.63, 3.8) is 0 Å². The SMILES string of the molecule is CCOC(=O)C1=C(c2ccccc2)N=c2s/c(=C\c3ccc(OC(C)C)c(OCC)c3)c(=O)n2[C@H]1c1ccc(Cl)cc1. The summed E-state index contributed by atoms with van der Waals surface area (Å²) in [6.07, 6.45) is 1.79. The Kier molecular flexibility index (Phi) is 8.94. The van der Waals surface area contributed by atoms with Crippen molar-refractivity contribution in [2.45, 2.75) is 39.8 Å². The van der Waals surface area contributed by atoms with Gasteiger partial charge in [0.15, 0.2) is 16.3 Å². The van der Waals surface area contributed by atoms with Crippen molar-refractivity contribution in [2.24, 2.45) is 4.99 Å². The summed E-state index contributed by atoms with van der Waals surface area (Å²) in [6.45, 7) is 8.22. The maximum atomic E-state index is 14.1. The summed E-state index contributed by atoms with van der Waals surface area (Å²) in [5, 5.41) is 0.547. The van der Waals surface area contributed by atoms with E-state index in [1.54, 1.807) is 29.7 Å². The lowest BCUT2D eigenvalue weighted by molar-refractivity contribution is -0.138. The van der Waals surface area contributed by atoms with Gasteiger partial charge in [-0.3, -0.25) is 9.36 Å². The van der Waals surface area contributed by atoms with Crippen molar-refractivity contribution in [3.05, 3.63) is 120 Å². The summed E-state index contributed by atoms with van der Waals surface area (Å²) in [4.78, 5) is 33.0. The van der Waals surface area contributed by atoms with Gasteiger partial charge < -0.3 is 14.2 Å². The molecule has 7 nitrogen and oxygen atoms in total. The Morgan fingerprint density at radius 2 is 1.76 bits per heavy atom. The highest BCUT2D eigenvalue weighted by atomic mass is 35.5. The molecule has 0 radical (unpaired) electrons. The highest BCUT2D eigenvalue weighted by Crippen LogP contribution is 2.35. The molecule has 0 aliphatic carbocycles. The molecule has 1 aliphatic rings. The molecule has 0 spiro atoms. The monoisotopic (exact) mass is 602 g/mol. The van der Waals surface area contributed by atoms with E-state index in [1.165, 1.54) is 11.3 Å². The molecule has 0 saturated carbocycles. The van der Waals surface area contributed by atoms with Gasteiger partial charge in [0.05, 0.1) is 41.2 Å². The predicted molar refractivity (Wildman–Crippen MR) is 166 cm³/mol. The molecule has 0 amide bonds. The number of rotatable bonds is 9. The Morgan fingerprint density at radius 1 is 1.02 bits per heavy atom. The summed E-state index contributed by atoms with van der Waals surface area (Å²) < 4.78 is 19.3. The van der Waals surface area contributed by atoms with Crippen molar-refractivity contribution in [1.29, 1.82) is 0 Å². The van der Waals surface area contributed by atoms with Crippen molar-refractivity contribution >= 4 is 40.7 Å². The van der Waals surface area contributed by atoms with Crippen LogP contribution in [0.5, 0.6) is 11.5 Å². The van der Waals surface area contributed by atoms with Gasteiger partial charge in [-0.2, -0.15) is 0 Å². The second-order valence-corrected chi connectivity index (χ2v) is 11.2. The van der Waals surface area contributed by atoms with E-state index in [9.17, 15) is 9.59 Å². The Hall–Kier alpha value is -4.14. The van der Waals surface area contributed by atoms with Gasteiger partial charge in [-0.25, -0.2) is 9.79 Å². The maximum absolute atomic E-state index is 14.1. The number of benzene rings is 3. The number of thiazole rings is 1. The molecule has 1 atom stereocenters. The summed E-state index contributed by atoms with van der Waals surface area (Å²) in [7, 11) is 0. The predicted octanol–water partition coefficient (Wildman–Crippen LogP) is 5.77. The zero-order valence-electron chi connectivity index (χ0n) is 23.8. The Morgan fingerprint density at radius 3 is 2.43 bits per heavy atom. The average Bonchev–Trinajstić information content (AvgIpc) is 3.28. The van der Waals surface area contributed by atoms with Crippen molar-refractivity contribution in [2.75, 3.05) is 13.2 Å². The molecule has 0 saturated heterocycles. The number of halogens is 1. The van der Waals surface area contributed by atoms with Gasteiger partial charge in [-0.15, -0.1) is 0 Å². The van der Waals surface area contributed by atoms with Crippen molar-refractivity contribution in [3.8, 4) is 11.5 Å². The van der Waals surface area contributed by atoms with Crippen molar-refractivity contribution in [1.82, 2.24) is 4.57 Å². The maximum Gasteiger partial charge on any atom is 0.338 e. The van der Waals surface area contributed by atoms with Crippen LogP contribution in [0.25, 0.3) is 11.8 Å². The Balaban J connectivity index is 1.75. The van der Waals surface area contributed by atoms with Gasteiger partial charge in [0.25, 0.3) is 5.56 Å². The minimum absolute atomic E-state index is 0.0148. The molecule has 1 aromatic heterocycles. The molecule has 9 heteroatoms. The van der Waals surface area contributed by atoms with Gasteiger partial charge >= 0.3 is 5.97 Å². The molecule has 216 valence electrons. The first-order chi connectivity index (χ1) is 20.3. The van der Waals surface area contributed by atoms with E-state index in [4.69, 9.17) is 30.8 Å². The molecule has 5 rings (SSSR count). The lowest BCUT2D eigenvalue weighted by atomic mass is 9.93. The Bertz CT molecular complexity index is 1810. The number of carbonyl (C=O) groups is 1. The van der Waals surface area contributed by atoms with Crippen LogP contribution in [0.15, 0.2) is 88.2 Å². The number of hydrogen-bond donors (Lipinski definition) is 0. The molecule has 4 aromatic rings. The molecule has 0 N–H and O–H groups in total. The molecule has 42 heavy (non-hydrogen) atoms. The highest BCUT2D eigenvalue weighted by Gasteiger charge is 2.35. The van der Waals surface area contributed by atoms with Crippen LogP contribution in [0, 0.1) is 0 Å². The van der Waals surface area contributed by atoms with E-state index in [-0.39, 0.29) is 23.8 Å². The standard InChI is InChI=1S/C33H31ClN2O5S/c1-5-39-26-18-21(12-17-25(26)41-20(3)4)19-27-31(37)36-30(23-13-15-24(34)16-14-23)28(32(38)40-6-2)29(35-33(36)42-27)22-10-8-7-9-11-22/h7-20,30H,5-6H2,1-4H3/b27-19-/t30-/m0/s1. The number of carbonyl (C=O) groups excluding carboxylic acids is 1.